The average molecular weight is 427 g/mol. The Balaban J connectivity index is 1.68. The molecule has 3 rings (SSSR count). The number of amides is 2. The number of nitrogens with one attached hydrogen (secondary N) is 1. The van der Waals surface area contributed by atoms with Gasteiger partial charge in [0, 0.05) is 11.6 Å². The summed E-state index contributed by atoms with van der Waals surface area (Å²) in [4.78, 5) is 26.2. The van der Waals surface area contributed by atoms with E-state index in [9.17, 15) is 22.8 Å². The number of hydrogen-bond donors (Lipinski definition) is 1. The number of carbonyl (C=O) groups excluding carboxylic acids is 2. The number of ether oxygens (including phenoxy) is 1. The normalized spacial score (nSPS) is 16.6. The lowest BCUT2D eigenvalue weighted by atomic mass is 10.1. The Morgan fingerprint density at radius 3 is 2.59 bits per heavy atom. The number of rotatable bonds is 4. The molecular weight excluding hydrogens is 409 g/mol. The fourth-order valence-electron chi connectivity index (χ4n) is 3.14. The minimum absolute atomic E-state index is 0.0416. The van der Waals surface area contributed by atoms with Crippen LogP contribution in [0.25, 0.3) is 0 Å². The molecule has 154 valence electrons. The van der Waals surface area contributed by atoms with Gasteiger partial charge in [-0.3, -0.25) is 9.69 Å². The fraction of sp³-hybridized carbons (Fsp3) is 0.300. The maximum Gasteiger partial charge on any atom is 0.418 e. The maximum atomic E-state index is 13.2. The van der Waals surface area contributed by atoms with Gasteiger partial charge in [0.05, 0.1) is 11.3 Å². The summed E-state index contributed by atoms with van der Waals surface area (Å²) >= 11 is 5.65. The molecule has 0 radical (unpaired) electrons. The van der Waals surface area contributed by atoms with E-state index in [-0.39, 0.29) is 11.6 Å². The van der Waals surface area contributed by atoms with Gasteiger partial charge >= 0.3 is 12.3 Å². The summed E-state index contributed by atoms with van der Waals surface area (Å²) in [5, 5.41) is 2.18. The molecule has 1 aliphatic heterocycles. The molecule has 2 amide bonds. The van der Waals surface area contributed by atoms with Crippen LogP contribution in [0.5, 0.6) is 0 Å². The highest BCUT2D eigenvalue weighted by molar-refractivity contribution is 6.30. The Morgan fingerprint density at radius 1 is 1.17 bits per heavy atom. The molecule has 29 heavy (non-hydrogen) atoms. The third-order valence-corrected chi connectivity index (χ3v) is 4.78. The topological polar surface area (TPSA) is 58.6 Å². The van der Waals surface area contributed by atoms with Crippen LogP contribution in [0.1, 0.15) is 24.0 Å². The zero-order valence-corrected chi connectivity index (χ0v) is 16.0. The van der Waals surface area contributed by atoms with Gasteiger partial charge in [-0.1, -0.05) is 41.9 Å². The quantitative estimate of drug-likeness (QED) is 0.740. The van der Waals surface area contributed by atoms with Crippen molar-refractivity contribution >= 4 is 29.3 Å². The zero-order valence-electron chi connectivity index (χ0n) is 15.2. The minimum Gasteiger partial charge on any atom is -0.445 e. The SMILES string of the molecule is O=C(Nc1ccc(Cl)cc1C(F)(F)F)C1CCCN1C(=O)OCc1ccccc1. The highest BCUT2D eigenvalue weighted by Gasteiger charge is 2.38. The van der Waals surface area contributed by atoms with E-state index in [2.05, 4.69) is 5.32 Å². The zero-order chi connectivity index (χ0) is 21.0. The number of benzene rings is 2. The molecule has 0 aromatic heterocycles. The summed E-state index contributed by atoms with van der Waals surface area (Å²) in [7, 11) is 0. The average Bonchev–Trinajstić information content (AvgIpc) is 3.17. The van der Waals surface area contributed by atoms with Gasteiger partial charge in [-0.2, -0.15) is 13.2 Å². The van der Waals surface area contributed by atoms with E-state index in [0.29, 0.717) is 19.4 Å². The lowest BCUT2D eigenvalue weighted by Gasteiger charge is -2.24. The van der Waals surface area contributed by atoms with E-state index in [1.165, 1.54) is 11.0 Å². The molecule has 1 fully saturated rings. The molecule has 0 bridgehead atoms. The first kappa shape index (κ1) is 21.0. The van der Waals surface area contributed by atoms with Gasteiger partial charge in [0.15, 0.2) is 0 Å². The Labute approximate surface area is 170 Å². The molecule has 0 spiro atoms. The Hall–Kier alpha value is -2.74. The van der Waals surface area contributed by atoms with E-state index >= 15 is 0 Å². The monoisotopic (exact) mass is 426 g/mol. The molecule has 1 aliphatic rings. The molecule has 2 aromatic carbocycles. The summed E-state index contributed by atoms with van der Waals surface area (Å²) in [6.07, 6.45) is -4.48. The van der Waals surface area contributed by atoms with Crippen molar-refractivity contribution in [3.05, 3.63) is 64.7 Å². The van der Waals surface area contributed by atoms with Gasteiger partial charge in [-0.25, -0.2) is 4.79 Å². The van der Waals surface area contributed by atoms with Crippen LogP contribution in [-0.4, -0.2) is 29.5 Å². The smallest absolute Gasteiger partial charge is 0.418 e. The second kappa shape index (κ2) is 8.73. The second-order valence-corrected chi connectivity index (χ2v) is 7.00. The first-order valence-corrected chi connectivity index (χ1v) is 9.28. The van der Waals surface area contributed by atoms with Crippen LogP contribution in [-0.2, 0) is 22.3 Å². The van der Waals surface area contributed by atoms with E-state index < -0.39 is 35.5 Å². The van der Waals surface area contributed by atoms with E-state index in [1.54, 1.807) is 24.3 Å². The number of halogens is 4. The lowest BCUT2D eigenvalue weighted by Crippen LogP contribution is -2.43. The Morgan fingerprint density at radius 2 is 1.90 bits per heavy atom. The second-order valence-electron chi connectivity index (χ2n) is 6.57. The summed E-state index contributed by atoms with van der Waals surface area (Å²) in [6, 6.07) is 11.2. The maximum absolute atomic E-state index is 13.2. The third-order valence-electron chi connectivity index (χ3n) is 4.54. The first-order valence-electron chi connectivity index (χ1n) is 8.90. The molecule has 5 nitrogen and oxygen atoms in total. The molecule has 1 atom stereocenters. The molecule has 1 heterocycles. The van der Waals surface area contributed by atoms with Gasteiger partial charge in [-0.15, -0.1) is 0 Å². The number of anilines is 1. The van der Waals surface area contributed by atoms with Gasteiger partial charge in [0.1, 0.15) is 12.6 Å². The van der Waals surface area contributed by atoms with Gasteiger partial charge in [0.2, 0.25) is 5.91 Å². The van der Waals surface area contributed by atoms with E-state index in [1.807, 2.05) is 6.07 Å². The molecular formula is C20H18ClF3N2O3. The number of likely N-dealkylation sites (tertiary alicyclic amines) is 1. The Bertz CT molecular complexity index is 890. The van der Waals surface area contributed by atoms with Crippen LogP contribution >= 0.6 is 11.6 Å². The van der Waals surface area contributed by atoms with Crippen LogP contribution in [0.4, 0.5) is 23.7 Å². The van der Waals surface area contributed by atoms with Gasteiger partial charge < -0.3 is 10.1 Å². The summed E-state index contributed by atoms with van der Waals surface area (Å²) in [6.45, 7) is 0.332. The fourth-order valence-corrected chi connectivity index (χ4v) is 3.31. The summed E-state index contributed by atoms with van der Waals surface area (Å²) in [5.74, 6) is -0.702. The lowest BCUT2D eigenvalue weighted by molar-refractivity contribution is -0.137. The van der Waals surface area contributed by atoms with Crippen LogP contribution in [0.3, 0.4) is 0 Å². The summed E-state index contributed by atoms with van der Waals surface area (Å²) < 4.78 is 44.9. The number of carbonyl (C=O) groups is 2. The number of hydrogen-bond acceptors (Lipinski definition) is 3. The van der Waals surface area contributed by atoms with Gasteiger partial charge in [-0.05, 0) is 36.6 Å². The number of nitrogens with zero attached hydrogens (tertiary/aromatic N) is 1. The van der Waals surface area contributed by atoms with Crippen LogP contribution in [0, 0.1) is 0 Å². The standard InChI is InChI=1S/C20H18ClF3N2O3/c21-14-8-9-16(15(11-14)20(22,23)24)25-18(27)17-7-4-10-26(17)19(28)29-12-13-5-2-1-3-6-13/h1-3,5-6,8-9,11,17H,4,7,10,12H2,(H,25,27). The molecule has 2 aromatic rings. The van der Waals surface area contributed by atoms with Crippen molar-refractivity contribution < 1.29 is 27.5 Å². The molecule has 0 aliphatic carbocycles. The summed E-state index contributed by atoms with van der Waals surface area (Å²) in [5.41, 5.74) is -0.664. The predicted molar refractivity (Wildman–Crippen MR) is 101 cm³/mol. The van der Waals surface area contributed by atoms with Crippen molar-refractivity contribution in [1.82, 2.24) is 4.90 Å². The van der Waals surface area contributed by atoms with Crippen molar-refractivity contribution in [2.45, 2.75) is 31.7 Å². The van der Waals surface area contributed by atoms with Gasteiger partial charge in [0.25, 0.3) is 0 Å². The van der Waals surface area contributed by atoms with Crippen LogP contribution in [0.2, 0.25) is 5.02 Å². The largest absolute Gasteiger partial charge is 0.445 e. The van der Waals surface area contributed by atoms with Crippen molar-refractivity contribution in [3.8, 4) is 0 Å². The van der Waals surface area contributed by atoms with E-state index in [4.69, 9.17) is 16.3 Å². The molecule has 0 saturated carbocycles. The molecule has 9 heteroatoms. The van der Waals surface area contributed by atoms with Crippen molar-refractivity contribution in [2.75, 3.05) is 11.9 Å². The molecule has 1 N–H and O–H groups in total. The van der Waals surface area contributed by atoms with Crippen molar-refractivity contribution in [1.29, 1.82) is 0 Å². The molecule has 1 unspecified atom stereocenters. The first-order chi connectivity index (χ1) is 13.8. The Kier molecular flexibility index (Phi) is 6.32. The highest BCUT2D eigenvalue weighted by atomic mass is 35.5. The van der Waals surface area contributed by atoms with Crippen LogP contribution < -0.4 is 5.32 Å². The highest BCUT2D eigenvalue weighted by Crippen LogP contribution is 2.36. The minimum atomic E-state index is -4.68. The van der Waals surface area contributed by atoms with Crippen LogP contribution in [0.15, 0.2) is 48.5 Å². The number of alkyl halides is 3. The van der Waals surface area contributed by atoms with Crippen molar-refractivity contribution in [2.24, 2.45) is 0 Å². The third kappa shape index (κ3) is 5.20. The van der Waals surface area contributed by atoms with E-state index in [0.717, 1.165) is 17.7 Å². The van der Waals surface area contributed by atoms with Crippen molar-refractivity contribution in [3.63, 3.8) is 0 Å². The predicted octanol–water partition coefficient (Wildman–Crippen LogP) is 5.10. The molecule has 1 saturated heterocycles.